The van der Waals surface area contributed by atoms with Crippen LogP contribution in [0.4, 0.5) is 0 Å². The Morgan fingerprint density at radius 2 is 1.77 bits per heavy atom. The number of benzene rings is 1. The highest BCUT2D eigenvalue weighted by molar-refractivity contribution is 6.05. The fourth-order valence-electron chi connectivity index (χ4n) is 3.83. The molecule has 2 atom stereocenters. The van der Waals surface area contributed by atoms with E-state index in [1.165, 1.54) is 10.5 Å². The van der Waals surface area contributed by atoms with E-state index in [0.29, 0.717) is 24.5 Å². The third kappa shape index (κ3) is 3.57. The molecule has 0 saturated carbocycles. The van der Waals surface area contributed by atoms with E-state index in [1.807, 2.05) is 31.2 Å². The number of aryl methyl sites for hydroxylation is 1. The average molecular weight is 355 g/mol. The molecule has 0 spiro atoms. The Morgan fingerprint density at radius 3 is 2.31 bits per heavy atom. The van der Waals surface area contributed by atoms with Crippen LogP contribution in [0.2, 0.25) is 0 Å². The maximum absolute atomic E-state index is 12.4. The normalized spacial score (nSPS) is 22.1. The van der Waals surface area contributed by atoms with Crippen LogP contribution in [0.5, 0.6) is 5.75 Å². The molecule has 1 saturated heterocycles. The standard InChI is InChI=1S/C21H25NO4/c1-13(2)16-9-8-15(12-14(16)3)26-19(23)10-11-22-20(24)17-6-4-5-7-18(17)21(22)25/h4-5,8-9,12-13,17-18H,6-7,10-11H2,1-3H3/t17-,18+. The van der Waals surface area contributed by atoms with Gasteiger partial charge in [0.25, 0.3) is 0 Å². The minimum Gasteiger partial charge on any atom is -0.426 e. The molecule has 1 aromatic rings. The van der Waals surface area contributed by atoms with Crippen molar-refractivity contribution in [1.82, 2.24) is 4.90 Å². The Hall–Kier alpha value is -2.43. The Morgan fingerprint density at radius 1 is 1.15 bits per heavy atom. The number of esters is 1. The third-order valence-corrected chi connectivity index (χ3v) is 5.23. The highest BCUT2D eigenvalue weighted by Crippen LogP contribution is 2.35. The van der Waals surface area contributed by atoms with E-state index >= 15 is 0 Å². The summed E-state index contributed by atoms with van der Waals surface area (Å²) < 4.78 is 5.38. The van der Waals surface area contributed by atoms with Gasteiger partial charge in [-0.15, -0.1) is 0 Å². The Labute approximate surface area is 154 Å². The first-order valence-corrected chi connectivity index (χ1v) is 9.20. The van der Waals surface area contributed by atoms with Gasteiger partial charge in [0.1, 0.15) is 5.75 Å². The van der Waals surface area contributed by atoms with E-state index in [1.54, 1.807) is 6.07 Å². The number of hydrogen-bond donors (Lipinski definition) is 0. The maximum atomic E-state index is 12.4. The van der Waals surface area contributed by atoms with Crippen LogP contribution in [0.25, 0.3) is 0 Å². The molecule has 138 valence electrons. The summed E-state index contributed by atoms with van der Waals surface area (Å²) in [5, 5.41) is 0. The second-order valence-corrected chi connectivity index (χ2v) is 7.38. The zero-order valence-electron chi connectivity index (χ0n) is 15.5. The van der Waals surface area contributed by atoms with Crippen molar-refractivity contribution in [3.8, 4) is 5.75 Å². The number of ether oxygens (including phenoxy) is 1. The molecule has 26 heavy (non-hydrogen) atoms. The summed E-state index contributed by atoms with van der Waals surface area (Å²) in [6.45, 7) is 6.31. The van der Waals surface area contributed by atoms with Gasteiger partial charge in [-0.05, 0) is 48.9 Å². The van der Waals surface area contributed by atoms with Crippen molar-refractivity contribution in [3.63, 3.8) is 0 Å². The minimum atomic E-state index is -0.435. The highest BCUT2D eigenvalue weighted by atomic mass is 16.5. The zero-order valence-corrected chi connectivity index (χ0v) is 15.5. The second kappa shape index (κ2) is 7.44. The van der Waals surface area contributed by atoms with Gasteiger partial charge in [-0.25, -0.2) is 0 Å². The van der Waals surface area contributed by atoms with E-state index < -0.39 is 5.97 Å². The van der Waals surface area contributed by atoms with Crippen LogP contribution < -0.4 is 4.74 Å². The lowest BCUT2D eigenvalue weighted by molar-refractivity contribution is -0.141. The molecule has 0 N–H and O–H groups in total. The smallest absolute Gasteiger partial charge is 0.312 e. The molecule has 1 fully saturated rings. The highest BCUT2D eigenvalue weighted by Gasteiger charge is 2.46. The lowest BCUT2D eigenvalue weighted by Crippen LogP contribution is -2.33. The summed E-state index contributed by atoms with van der Waals surface area (Å²) in [5.41, 5.74) is 2.29. The van der Waals surface area contributed by atoms with E-state index in [9.17, 15) is 14.4 Å². The maximum Gasteiger partial charge on any atom is 0.312 e. The van der Waals surface area contributed by atoms with Crippen molar-refractivity contribution in [2.75, 3.05) is 6.54 Å². The number of hydrogen-bond acceptors (Lipinski definition) is 4. The van der Waals surface area contributed by atoms with Gasteiger partial charge >= 0.3 is 5.97 Å². The lowest BCUT2D eigenvalue weighted by atomic mass is 9.85. The largest absolute Gasteiger partial charge is 0.426 e. The summed E-state index contributed by atoms with van der Waals surface area (Å²) >= 11 is 0. The number of amides is 2. The van der Waals surface area contributed by atoms with E-state index in [0.717, 1.165) is 5.56 Å². The fourth-order valence-corrected chi connectivity index (χ4v) is 3.83. The van der Waals surface area contributed by atoms with Crippen LogP contribution in [0.3, 0.4) is 0 Å². The number of carbonyl (C=O) groups excluding carboxylic acids is 3. The summed E-state index contributed by atoms with van der Waals surface area (Å²) in [7, 11) is 0. The number of allylic oxidation sites excluding steroid dienone is 2. The Kier molecular flexibility index (Phi) is 5.25. The van der Waals surface area contributed by atoms with Gasteiger partial charge in [0.15, 0.2) is 0 Å². The van der Waals surface area contributed by atoms with Gasteiger partial charge in [-0.2, -0.15) is 0 Å². The first-order valence-electron chi connectivity index (χ1n) is 9.20. The first-order chi connectivity index (χ1) is 12.4. The predicted molar refractivity (Wildman–Crippen MR) is 97.6 cm³/mol. The Balaban J connectivity index is 1.57. The van der Waals surface area contributed by atoms with Crippen molar-refractivity contribution < 1.29 is 19.1 Å². The number of carbonyl (C=O) groups is 3. The molecule has 2 aliphatic rings. The summed E-state index contributed by atoms with van der Waals surface area (Å²) in [6, 6.07) is 5.60. The Bertz CT molecular complexity index is 739. The predicted octanol–water partition coefficient (Wildman–Crippen LogP) is 3.37. The monoisotopic (exact) mass is 355 g/mol. The van der Waals surface area contributed by atoms with E-state index in [4.69, 9.17) is 4.74 Å². The van der Waals surface area contributed by atoms with Crippen molar-refractivity contribution in [3.05, 3.63) is 41.5 Å². The number of fused-ring (bicyclic) bond motifs is 1. The first kappa shape index (κ1) is 18.4. The van der Waals surface area contributed by atoms with Gasteiger partial charge in [-0.1, -0.05) is 32.1 Å². The zero-order chi connectivity index (χ0) is 18.8. The van der Waals surface area contributed by atoms with Crippen molar-refractivity contribution >= 4 is 17.8 Å². The summed E-state index contributed by atoms with van der Waals surface area (Å²) in [4.78, 5) is 38.1. The van der Waals surface area contributed by atoms with Crippen LogP contribution in [-0.4, -0.2) is 29.2 Å². The molecule has 5 heteroatoms. The number of nitrogens with zero attached hydrogens (tertiary/aromatic N) is 1. The summed E-state index contributed by atoms with van der Waals surface area (Å²) in [5.74, 6) is -0.359. The molecule has 2 amide bonds. The van der Waals surface area contributed by atoms with Gasteiger partial charge in [0.2, 0.25) is 11.8 Å². The number of likely N-dealkylation sites (tertiary alicyclic amines) is 1. The topological polar surface area (TPSA) is 63.7 Å². The van der Waals surface area contributed by atoms with Crippen molar-refractivity contribution in [1.29, 1.82) is 0 Å². The average Bonchev–Trinajstić information content (AvgIpc) is 2.84. The molecular formula is C21H25NO4. The third-order valence-electron chi connectivity index (χ3n) is 5.23. The molecule has 5 nitrogen and oxygen atoms in total. The van der Waals surface area contributed by atoms with Crippen molar-refractivity contribution in [2.24, 2.45) is 11.8 Å². The molecule has 0 radical (unpaired) electrons. The van der Waals surface area contributed by atoms with E-state index in [2.05, 4.69) is 13.8 Å². The van der Waals surface area contributed by atoms with E-state index in [-0.39, 0.29) is 36.6 Å². The van der Waals surface area contributed by atoms with Crippen LogP contribution >= 0.6 is 0 Å². The van der Waals surface area contributed by atoms with Gasteiger partial charge < -0.3 is 4.74 Å². The molecule has 0 unspecified atom stereocenters. The molecule has 1 aromatic carbocycles. The lowest BCUT2D eigenvalue weighted by Gasteiger charge is -2.15. The number of rotatable bonds is 5. The SMILES string of the molecule is Cc1cc(OC(=O)CCN2C(=O)[C@H]3CC=CC[C@H]3C2=O)ccc1C(C)C. The molecule has 1 aliphatic heterocycles. The van der Waals surface area contributed by atoms with Gasteiger partial charge in [0.05, 0.1) is 18.3 Å². The minimum absolute atomic E-state index is 0.00925. The molecule has 1 heterocycles. The van der Waals surface area contributed by atoms with Crippen molar-refractivity contribution in [2.45, 2.75) is 46.0 Å². The van der Waals surface area contributed by atoms with Crippen LogP contribution in [0.1, 0.15) is 50.2 Å². The van der Waals surface area contributed by atoms with Gasteiger partial charge in [0, 0.05) is 6.54 Å². The summed E-state index contributed by atoms with van der Waals surface area (Å²) in [6.07, 6.45) is 5.13. The quantitative estimate of drug-likeness (QED) is 0.352. The van der Waals surface area contributed by atoms with Crippen LogP contribution in [-0.2, 0) is 14.4 Å². The van der Waals surface area contributed by atoms with Crippen LogP contribution in [0, 0.1) is 18.8 Å². The number of imide groups is 1. The molecule has 3 rings (SSSR count). The molecule has 0 bridgehead atoms. The molecule has 0 aromatic heterocycles. The molecule has 1 aliphatic carbocycles. The van der Waals surface area contributed by atoms with Crippen LogP contribution in [0.15, 0.2) is 30.4 Å². The second-order valence-electron chi connectivity index (χ2n) is 7.38. The van der Waals surface area contributed by atoms with Gasteiger partial charge in [-0.3, -0.25) is 19.3 Å². The molecular weight excluding hydrogens is 330 g/mol. The fraction of sp³-hybridized carbons (Fsp3) is 0.476.